The number of hydrogen-bond acceptors (Lipinski definition) is 3. The van der Waals surface area contributed by atoms with Crippen molar-refractivity contribution in [2.45, 2.75) is 19.8 Å². The molecule has 0 saturated heterocycles. The van der Waals surface area contributed by atoms with Gasteiger partial charge in [0, 0.05) is 12.2 Å². The number of aromatic carboxylic acids is 1. The van der Waals surface area contributed by atoms with Gasteiger partial charge >= 0.3 is 5.97 Å². The number of anilines is 1. The van der Waals surface area contributed by atoms with Gasteiger partial charge in [0.05, 0.1) is 11.0 Å². The van der Waals surface area contributed by atoms with Crippen molar-refractivity contribution in [3.8, 4) is 0 Å². The SMILES string of the molecule is Cc1ccc(C(=O)O)cc1NC(=O)C1(CN)CC1. The van der Waals surface area contributed by atoms with E-state index in [-0.39, 0.29) is 11.5 Å². The van der Waals surface area contributed by atoms with Gasteiger partial charge in [-0.15, -0.1) is 0 Å². The van der Waals surface area contributed by atoms with Crippen LogP contribution in [0.5, 0.6) is 0 Å². The highest BCUT2D eigenvalue weighted by Crippen LogP contribution is 2.45. The third-order valence-electron chi connectivity index (χ3n) is 3.46. The van der Waals surface area contributed by atoms with Crippen molar-refractivity contribution in [3.63, 3.8) is 0 Å². The fourth-order valence-corrected chi connectivity index (χ4v) is 1.82. The van der Waals surface area contributed by atoms with Crippen molar-refractivity contribution in [2.75, 3.05) is 11.9 Å². The van der Waals surface area contributed by atoms with Gasteiger partial charge < -0.3 is 16.2 Å². The van der Waals surface area contributed by atoms with Gasteiger partial charge in [0.15, 0.2) is 0 Å². The number of hydrogen-bond donors (Lipinski definition) is 3. The monoisotopic (exact) mass is 248 g/mol. The fourth-order valence-electron chi connectivity index (χ4n) is 1.82. The fraction of sp³-hybridized carbons (Fsp3) is 0.385. The van der Waals surface area contributed by atoms with Crippen LogP contribution in [0, 0.1) is 12.3 Å². The minimum Gasteiger partial charge on any atom is -0.478 e. The van der Waals surface area contributed by atoms with Crippen molar-refractivity contribution in [1.82, 2.24) is 0 Å². The highest BCUT2D eigenvalue weighted by atomic mass is 16.4. The molecule has 1 amide bonds. The van der Waals surface area contributed by atoms with Crippen molar-refractivity contribution < 1.29 is 14.7 Å². The average Bonchev–Trinajstić information content (AvgIpc) is 3.12. The number of nitrogens with one attached hydrogen (secondary N) is 1. The lowest BCUT2D eigenvalue weighted by Gasteiger charge is -2.14. The van der Waals surface area contributed by atoms with Crippen LogP contribution in [0.3, 0.4) is 0 Å². The van der Waals surface area contributed by atoms with Crippen LogP contribution in [0.1, 0.15) is 28.8 Å². The summed E-state index contributed by atoms with van der Waals surface area (Å²) < 4.78 is 0. The molecule has 0 bridgehead atoms. The molecule has 4 N–H and O–H groups in total. The number of rotatable bonds is 4. The highest BCUT2D eigenvalue weighted by Gasteiger charge is 2.48. The predicted octanol–water partition coefficient (Wildman–Crippen LogP) is 1.37. The van der Waals surface area contributed by atoms with Gasteiger partial charge in [-0.05, 0) is 37.5 Å². The number of nitrogens with two attached hydrogens (primary N) is 1. The lowest BCUT2D eigenvalue weighted by molar-refractivity contribution is -0.120. The average molecular weight is 248 g/mol. The Morgan fingerprint density at radius 3 is 2.61 bits per heavy atom. The molecule has 0 aliphatic heterocycles. The van der Waals surface area contributed by atoms with E-state index in [0.717, 1.165) is 18.4 Å². The number of carbonyl (C=O) groups excluding carboxylic acids is 1. The molecule has 1 aromatic rings. The van der Waals surface area contributed by atoms with Crippen molar-refractivity contribution >= 4 is 17.6 Å². The predicted molar refractivity (Wildman–Crippen MR) is 67.5 cm³/mol. The summed E-state index contributed by atoms with van der Waals surface area (Å²) in [7, 11) is 0. The third kappa shape index (κ3) is 2.22. The molecular weight excluding hydrogens is 232 g/mol. The van der Waals surface area contributed by atoms with Crippen LogP contribution in [0.25, 0.3) is 0 Å². The minimum atomic E-state index is -1.01. The Morgan fingerprint density at radius 1 is 1.44 bits per heavy atom. The first-order valence-corrected chi connectivity index (χ1v) is 5.84. The van der Waals surface area contributed by atoms with E-state index in [1.54, 1.807) is 6.07 Å². The zero-order valence-electron chi connectivity index (χ0n) is 10.2. The van der Waals surface area contributed by atoms with Crippen molar-refractivity contribution in [2.24, 2.45) is 11.1 Å². The number of carboxylic acids is 1. The highest BCUT2D eigenvalue weighted by molar-refractivity contribution is 5.99. The van der Waals surface area contributed by atoms with Gasteiger partial charge in [0.2, 0.25) is 5.91 Å². The molecule has 5 nitrogen and oxygen atoms in total. The van der Waals surface area contributed by atoms with Gasteiger partial charge in [0.1, 0.15) is 0 Å². The van der Waals surface area contributed by atoms with E-state index >= 15 is 0 Å². The molecule has 0 aromatic heterocycles. The maximum Gasteiger partial charge on any atom is 0.335 e. The third-order valence-corrected chi connectivity index (χ3v) is 3.46. The molecule has 1 aliphatic carbocycles. The molecular formula is C13H16N2O3. The van der Waals surface area contributed by atoms with E-state index in [4.69, 9.17) is 10.8 Å². The summed E-state index contributed by atoms with van der Waals surface area (Å²) in [6.45, 7) is 2.15. The van der Waals surface area contributed by atoms with Crippen LogP contribution in [0.15, 0.2) is 18.2 Å². The van der Waals surface area contributed by atoms with Crippen molar-refractivity contribution in [3.05, 3.63) is 29.3 Å². The summed E-state index contributed by atoms with van der Waals surface area (Å²) in [6.07, 6.45) is 1.60. The van der Waals surface area contributed by atoms with Gasteiger partial charge in [0.25, 0.3) is 0 Å². The Labute approximate surface area is 105 Å². The normalized spacial score (nSPS) is 16.1. The molecule has 1 saturated carbocycles. The summed E-state index contributed by atoms with van der Waals surface area (Å²) in [5.74, 6) is -1.12. The first kappa shape index (κ1) is 12.6. The number of amides is 1. The lowest BCUT2D eigenvalue weighted by atomic mass is 10.1. The van der Waals surface area contributed by atoms with Crippen LogP contribution in [0.2, 0.25) is 0 Å². The molecule has 1 fully saturated rings. The summed E-state index contributed by atoms with van der Waals surface area (Å²) >= 11 is 0. The Balaban J connectivity index is 2.21. The maximum atomic E-state index is 12.0. The maximum absolute atomic E-state index is 12.0. The van der Waals surface area contributed by atoms with Crippen LogP contribution in [0.4, 0.5) is 5.69 Å². The van der Waals surface area contributed by atoms with E-state index < -0.39 is 11.4 Å². The van der Waals surface area contributed by atoms with Crippen LogP contribution >= 0.6 is 0 Å². The van der Waals surface area contributed by atoms with Crippen LogP contribution < -0.4 is 11.1 Å². The Kier molecular flexibility index (Phi) is 3.09. The second-order valence-corrected chi connectivity index (χ2v) is 4.77. The standard InChI is InChI=1S/C13H16N2O3/c1-8-2-3-9(11(16)17)6-10(8)15-12(18)13(7-14)4-5-13/h2-3,6H,4-5,7,14H2,1H3,(H,15,18)(H,16,17). The summed E-state index contributed by atoms with van der Waals surface area (Å²) in [5.41, 5.74) is 6.68. The zero-order valence-corrected chi connectivity index (χ0v) is 10.2. The van der Waals surface area contributed by atoms with E-state index in [1.165, 1.54) is 12.1 Å². The summed E-state index contributed by atoms with van der Waals surface area (Å²) in [6, 6.07) is 4.67. The molecule has 0 atom stereocenters. The number of carbonyl (C=O) groups is 2. The smallest absolute Gasteiger partial charge is 0.335 e. The number of carboxylic acid groups (broad SMARTS) is 1. The second kappa shape index (κ2) is 4.42. The van der Waals surface area contributed by atoms with Gasteiger partial charge in [-0.25, -0.2) is 4.79 Å². The molecule has 1 aliphatic rings. The Hall–Kier alpha value is -1.88. The van der Waals surface area contributed by atoms with E-state index in [1.807, 2.05) is 6.92 Å². The van der Waals surface area contributed by atoms with E-state index in [0.29, 0.717) is 12.2 Å². The molecule has 0 heterocycles. The minimum absolute atomic E-state index is 0.115. The molecule has 5 heteroatoms. The van der Waals surface area contributed by atoms with Crippen LogP contribution in [-0.2, 0) is 4.79 Å². The van der Waals surface area contributed by atoms with Crippen LogP contribution in [-0.4, -0.2) is 23.5 Å². The number of benzene rings is 1. The molecule has 0 radical (unpaired) electrons. The van der Waals surface area contributed by atoms with E-state index in [9.17, 15) is 9.59 Å². The van der Waals surface area contributed by atoms with Gasteiger partial charge in [-0.3, -0.25) is 4.79 Å². The number of aryl methyl sites for hydroxylation is 1. The molecule has 18 heavy (non-hydrogen) atoms. The quantitative estimate of drug-likeness (QED) is 0.750. The molecule has 1 aromatic carbocycles. The first-order valence-electron chi connectivity index (χ1n) is 5.84. The molecule has 96 valence electrons. The zero-order chi connectivity index (χ0) is 13.3. The second-order valence-electron chi connectivity index (χ2n) is 4.77. The largest absolute Gasteiger partial charge is 0.478 e. The first-order chi connectivity index (χ1) is 8.48. The molecule has 2 rings (SSSR count). The summed E-state index contributed by atoms with van der Waals surface area (Å²) in [4.78, 5) is 22.9. The molecule has 0 unspecified atom stereocenters. The lowest BCUT2D eigenvalue weighted by Crippen LogP contribution is -2.31. The topological polar surface area (TPSA) is 92.4 Å². The molecule has 0 spiro atoms. The Morgan fingerprint density at radius 2 is 2.11 bits per heavy atom. The van der Waals surface area contributed by atoms with Crippen molar-refractivity contribution in [1.29, 1.82) is 0 Å². The van der Waals surface area contributed by atoms with Gasteiger partial charge in [-0.2, -0.15) is 0 Å². The Bertz CT molecular complexity index is 507. The van der Waals surface area contributed by atoms with Gasteiger partial charge in [-0.1, -0.05) is 6.07 Å². The summed E-state index contributed by atoms with van der Waals surface area (Å²) in [5, 5.41) is 11.7. The van der Waals surface area contributed by atoms with E-state index in [2.05, 4.69) is 5.32 Å².